The van der Waals surface area contributed by atoms with E-state index in [1.54, 1.807) is 12.1 Å². The summed E-state index contributed by atoms with van der Waals surface area (Å²) in [5.74, 6) is 0.913. The molecule has 0 aliphatic heterocycles. The molecule has 0 radical (unpaired) electrons. The highest BCUT2D eigenvalue weighted by Crippen LogP contribution is 2.37. The van der Waals surface area contributed by atoms with E-state index in [9.17, 15) is 5.11 Å². The molecule has 2 aromatic carbocycles. The summed E-state index contributed by atoms with van der Waals surface area (Å²) in [5, 5.41) is 15.5. The number of aromatic nitrogens is 3. The van der Waals surface area contributed by atoms with Gasteiger partial charge >= 0.3 is 0 Å². The molecule has 2 heterocycles. The molecule has 1 aliphatic carbocycles. The van der Waals surface area contributed by atoms with Crippen LogP contribution in [0.1, 0.15) is 31.0 Å². The standard InChI is InChI=1S/C24H22ClN3O/c1-2-15-6-11-22-20(12-15)23(17-4-3-5-19(29)13-17)27-24-21(14-26-28(22)24)16-7-9-18(25)10-8-16/h3-5,7-10,13-15,29H,2,6,11-12H2,1H3. The van der Waals surface area contributed by atoms with Crippen LogP contribution in [0.3, 0.4) is 0 Å². The van der Waals surface area contributed by atoms with E-state index in [2.05, 4.69) is 6.92 Å². The molecule has 29 heavy (non-hydrogen) atoms. The van der Waals surface area contributed by atoms with Crippen molar-refractivity contribution in [2.24, 2.45) is 5.92 Å². The van der Waals surface area contributed by atoms with Crippen molar-refractivity contribution in [3.05, 3.63) is 71.0 Å². The minimum Gasteiger partial charge on any atom is -0.508 e. The minimum atomic E-state index is 0.257. The fourth-order valence-electron chi connectivity index (χ4n) is 4.36. The zero-order valence-electron chi connectivity index (χ0n) is 16.3. The Morgan fingerprint density at radius 3 is 2.72 bits per heavy atom. The van der Waals surface area contributed by atoms with E-state index in [1.165, 1.54) is 11.3 Å². The van der Waals surface area contributed by atoms with Gasteiger partial charge in [0.1, 0.15) is 5.75 Å². The van der Waals surface area contributed by atoms with Gasteiger partial charge in [0.15, 0.2) is 5.65 Å². The highest BCUT2D eigenvalue weighted by molar-refractivity contribution is 6.30. The summed E-state index contributed by atoms with van der Waals surface area (Å²) in [4.78, 5) is 5.08. The van der Waals surface area contributed by atoms with Gasteiger partial charge in [-0.25, -0.2) is 9.50 Å². The number of rotatable bonds is 3. The van der Waals surface area contributed by atoms with Crippen molar-refractivity contribution in [3.63, 3.8) is 0 Å². The van der Waals surface area contributed by atoms with Gasteiger partial charge in [0, 0.05) is 27.4 Å². The Morgan fingerprint density at radius 2 is 1.97 bits per heavy atom. The van der Waals surface area contributed by atoms with Crippen molar-refractivity contribution < 1.29 is 5.11 Å². The number of hydrogen-bond acceptors (Lipinski definition) is 3. The number of aromatic hydroxyl groups is 1. The molecule has 0 spiro atoms. The monoisotopic (exact) mass is 403 g/mol. The van der Waals surface area contributed by atoms with E-state index in [0.717, 1.165) is 53.7 Å². The SMILES string of the molecule is CCC1CCc2c(c(-c3cccc(O)c3)nc3c(-c4ccc(Cl)cc4)cnn23)C1. The second-order valence-electron chi connectivity index (χ2n) is 7.75. The molecule has 0 bridgehead atoms. The smallest absolute Gasteiger partial charge is 0.163 e. The number of benzene rings is 2. The van der Waals surface area contributed by atoms with Crippen molar-refractivity contribution in [2.45, 2.75) is 32.6 Å². The topological polar surface area (TPSA) is 50.4 Å². The normalized spacial score (nSPS) is 16.1. The van der Waals surface area contributed by atoms with E-state index in [0.29, 0.717) is 10.9 Å². The third kappa shape index (κ3) is 3.18. The lowest BCUT2D eigenvalue weighted by Gasteiger charge is -2.26. The molecule has 0 amide bonds. The van der Waals surface area contributed by atoms with Crippen LogP contribution in [-0.4, -0.2) is 19.7 Å². The Kier molecular flexibility index (Phi) is 4.51. The zero-order valence-corrected chi connectivity index (χ0v) is 17.0. The van der Waals surface area contributed by atoms with Crippen molar-refractivity contribution in [1.29, 1.82) is 0 Å². The zero-order chi connectivity index (χ0) is 20.0. The number of hydrogen-bond donors (Lipinski definition) is 1. The molecule has 146 valence electrons. The Hall–Kier alpha value is -2.85. The molecule has 0 saturated carbocycles. The number of fused-ring (bicyclic) bond motifs is 3. The molecule has 2 aromatic heterocycles. The number of phenols is 1. The predicted octanol–water partition coefficient (Wildman–Crippen LogP) is 5.94. The average molecular weight is 404 g/mol. The van der Waals surface area contributed by atoms with Crippen LogP contribution in [0, 0.1) is 5.92 Å². The Morgan fingerprint density at radius 1 is 1.14 bits per heavy atom. The molecular formula is C24H22ClN3O. The molecule has 4 nitrogen and oxygen atoms in total. The van der Waals surface area contributed by atoms with E-state index < -0.39 is 0 Å². The molecule has 1 atom stereocenters. The van der Waals surface area contributed by atoms with Gasteiger partial charge in [-0.05, 0) is 55.0 Å². The van der Waals surface area contributed by atoms with Gasteiger partial charge in [-0.1, -0.05) is 49.2 Å². The first-order chi connectivity index (χ1) is 14.1. The second-order valence-corrected chi connectivity index (χ2v) is 8.19. The van der Waals surface area contributed by atoms with Gasteiger partial charge in [-0.2, -0.15) is 5.10 Å². The van der Waals surface area contributed by atoms with Crippen molar-refractivity contribution in [2.75, 3.05) is 0 Å². The molecular weight excluding hydrogens is 382 g/mol. The van der Waals surface area contributed by atoms with Gasteiger partial charge in [-0.3, -0.25) is 0 Å². The van der Waals surface area contributed by atoms with Gasteiger partial charge < -0.3 is 5.11 Å². The first-order valence-electron chi connectivity index (χ1n) is 10.1. The summed E-state index contributed by atoms with van der Waals surface area (Å²) in [7, 11) is 0. The molecule has 1 N–H and O–H groups in total. The Bertz CT molecular complexity index is 1200. The predicted molar refractivity (Wildman–Crippen MR) is 116 cm³/mol. The fourth-order valence-corrected chi connectivity index (χ4v) is 4.49. The van der Waals surface area contributed by atoms with E-state index in [4.69, 9.17) is 21.7 Å². The molecule has 1 unspecified atom stereocenters. The van der Waals surface area contributed by atoms with Crippen LogP contribution >= 0.6 is 11.6 Å². The number of phenolic OH excluding ortho intramolecular Hbond substituents is 1. The summed E-state index contributed by atoms with van der Waals surface area (Å²) in [6.07, 6.45) is 6.20. The highest BCUT2D eigenvalue weighted by Gasteiger charge is 2.26. The van der Waals surface area contributed by atoms with Crippen LogP contribution in [0.25, 0.3) is 28.0 Å². The number of aryl methyl sites for hydroxylation is 1. The van der Waals surface area contributed by atoms with Crippen LogP contribution in [0.4, 0.5) is 0 Å². The fraction of sp³-hybridized carbons (Fsp3) is 0.250. The van der Waals surface area contributed by atoms with Crippen molar-refractivity contribution >= 4 is 17.2 Å². The van der Waals surface area contributed by atoms with Crippen LogP contribution < -0.4 is 0 Å². The van der Waals surface area contributed by atoms with Gasteiger partial charge in [0.25, 0.3) is 0 Å². The van der Waals surface area contributed by atoms with Gasteiger partial charge in [0.05, 0.1) is 11.9 Å². The highest BCUT2D eigenvalue weighted by atomic mass is 35.5. The van der Waals surface area contributed by atoms with Crippen LogP contribution in [0.15, 0.2) is 54.7 Å². The van der Waals surface area contributed by atoms with Crippen molar-refractivity contribution in [3.8, 4) is 28.1 Å². The lowest BCUT2D eigenvalue weighted by molar-refractivity contribution is 0.435. The summed E-state index contributed by atoms with van der Waals surface area (Å²) in [6, 6.07) is 15.2. The summed E-state index contributed by atoms with van der Waals surface area (Å²) in [5.41, 5.74) is 7.27. The first kappa shape index (κ1) is 18.2. The Balaban J connectivity index is 1.77. The maximum absolute atomic E-state index is 10.1. The van der Waals surface area contributed by atoms with E-state index in [1.807, 2.05) is 47.1 Å². The molecule has 5 heteroatoms. The maximum atomic E-state index is 10.1. The maximum Gasteiger partial charge on any atom is 0.163 e. The van der Waals surface area contributed by atoms with Crippen molar-refractivity contribution in [1.82, 2.24) is 14.6 Å². The molecule has 5 rings (SSSR count). The van der Waals surface area contributed by atoms with Crippen LogP contribution in [0.2, 0.25) is 5.02 Å². The largest absolute Gasteiger partial charge is 0.508 e. The number of halogens is 1. The van der Waals surface area contributed by atoms with Crippen LogP contribution in [-0.2, 0) is 12.8 Å². The summed E-state index contributed by atoms with van der Waals surface area (Å²) < 4.78 is 2.01. The second kappa shape index (κ2) is 7.20. The van der Waals surface area contributed by atoms with Gasteiger partial charge in [-0.15, -0.1) is 0 Å². The lowest BCUT2D eigenvalue weighted by atomic mass is 9.83. The van der Waals surface area contributed by atoms with Gasteiger partial charge in [0.2, 0.25) is 0 Å². The third-order valence-corrected chi connectivity index (χ3v) is 6.24. The third-order valence-electron chi connectivity index (χ3n) is 5.99. The number of nitrogens with zero attached hydrogens (tertiary/aromatic N) is 3. The van der Waals surface area contributed by atoms with E-state index in [-0.39, 0.29) is 5.75 Å². The first-order valence-corrected chi connectivity index (χ1v) is 10.5. The molecule has 0 fully saturated rings. The molecule has 0 saturated heterocycles. The summed E-state index contributed by atoms with van der Waals surface area (Å²) in [6.45, 7) is 2.25. The summed E-state index contributed by atoms with van der Waals surface area (Å²) >= 11 is 6.07. The molecule has 1 aliphatic rings. The van der Waals surface area contributed by atoms with E-state index >= 15 is 0 Å². The van der Waals surface area contributed by atoms with Crippen LogP contribution in [0.5, 0.6) is 5.75 Å². The lowest BCUT2D eigenvalue weighted by Crippen LogP contribution is -2.19. The minimum absolute atomic E-state index is 0.257. The average Bonchev–Trinajstić information content (AvgIpc) is 3.17. The Labute approximate surface area is 174 Å². The quantitative estimate of drug-likeness (QED) is 0.460. The molecule has 4 aromatic rings.